The molecule has 168 valence electrons. The minimum Gasteiger partial charge on any atom is -0.506 e. The van der Waals surface area contributed by atoms with Gasteiger partial charge in [-0.1, -0.05) is 12.1 Å². The van der Waals surface area contributed by atoms with Gasteiger partial charge in [0.2, 0.25) is 5.91 Å². The average Bonchev–Trinajstić information content (AvgIpc) is 3.23. The Morgan fingerprint density at radius 1 is 1.09 bits per heavy atom. The van der Waals surface area contributed by atoms with E-state index in [9.17, 15) is 23.1 Å². The molecule has 1 saturated heterocycles. The molecule has 8 nitrogen and oxygen atoms in total. The summed E-state index contributed by atoms with van der Waals surface area (Å²) in [5, 5.41) is 24.2. The number of piperidine rings is 1. The lowest BCUT2D eigenvalue weighted by Gasteiger charge is -2.30. The molecule has 2 N–H and O–H groups in total. The first-order chi connectivity index (χ1) is 15.3. The molecule has 0 unspecified atom stereocenters. The van der Waals surface area contributed by atoms with E-state index in [-0.39, 0.29) is 17.6 Å². The second-order valence-corrected chi connectivity index (χ2v) is 7.61. The number of halogens is 3. The highest BCUT2D eigenvalue weighted by atomic mass is 19.4. The number of nitrogens with one attached hydrogen (secondary N) is 1. The molecule has 32 heavy (non-hydrogen) atoms. The van der Waals surface area contributed by atoms with Crippen molar-refractivity contribution in [2.24, 2.45) is 5.92 Å². The van der Waals surface area contributed by atoms with Crippen LogP contribution in [0.3, 0.4) is 0 Å². The standard InChI is InChI=1S/C21H21F3N6O2/c22-21(23,24)15-5-7-16(8-6-15)30-19(26-27-28-30)13-29-11-9-14(10-12-29)20(32)25-17-3-1-2-4-18(17)31/h1-8,14,31H,9-13H2,(H,25,32). The van der Waals surface area contributed by atoms with Gasteiger partial charge >= 0.3 is 6.18 Å². The van der Waals surface area contributed by atoms with E-state index in [1.165, 1.54) is 22.9 Å². The minimum atomic E-state index is -4.40. The molecule has 3 aromatic rings. The highest BCUT2D eigenvalue weighted by molar-refractivity contribution is 5.93. The number of nitrogens with zero attached hydrogens (tertiary/aromatic N) is 5. The molecule has 11 heteroatoms. The maximum absolute atomic E-state index is 12.8. The number of amides is 1. The van der Waals surface area contributed by atoms with Crippen LogP contribution in [0.25, 0.3) is 5.69 Å². The fourth-order valence-corrected chi connectivity index (χ4v) is 3.66. The number of tetrazole rings is 1. The molecule has 1 amide bonds. The Morgan fingerprint density at radius 2 is 1.78 bits per heavy atom. The maximum atomic E-state index is 12.8. The van der Waals surface area contributed by atoms with Gasteiger partial charge in [-0.05, 0) is 72.8 Å². The number of likely N-dealkylation sites (tertiary alicyclic amines) is 1. The van der Waals surface area contributed by atoms with Gasteiger partial charge in [0.05, 0.1) is 23.5 Å². The second-order valence-electron chi connectivity index (χ2n) is 7.61. The summed E-state index contributed by atoms with van der Waals surface area (Å²) in [6, 6.07) is 11.2. The van der Waals surface area contributed by atoms with E-state index in [2.05, 4.69) is 25.7 Å². The number of phenolic OH excluding ortho intramolecular Hbond substituents is 1. The van der Waals surface area contributed by atoms with Crippen LogP contribution in [0, 0.1) is 5.92 Å². The number of alkyl halides is 3. The Kier molecular flexibility index (Phi) is 6.08. The average molecular weight is 446 g/mol. The molecule has 0 saturated carbocycles. The van der Waals surface area contributed by atoms with Crippen molar-refractivity contribution in [3.05, 3.63) is 59.9 Å². The molecule has 0 aliphatic carbocycles. The molecule has 0 bridgehead atoms. The van der Waals surface area contributed by atoms with Crippen LogP contribution < -0.4 is 5.32 Å². The van der Waals surface area contributed by atoms with Gasteiger partial charge in [-0.25, -0.2) is 0 Å². The van der Waals surface area contributed by atoms with Crippen LogP contribution in [0.1, 0.15) is 24.2 Å². The Hall–Kier alpha value is -3.47. The summed E-state index contributed by atoms with van der Waals surface area (Å²) in [6.07, 6.45) is -3.15. The van der Waals surface area contributed by atoms with Gasteiger partial charge in [0.1, 0.15) is 5.75 Å². The smallest absolute Gasteiger partial charge is 0.416 e. The highest BCUT2D eigenvalue weighted by Crippen LogP contribution is 2.30. The summed E-state index contributed by atoms with van der Waals surface area (Å²) in [7, 11) is 0. The van der Waals surface area contributed by atoms with Crippen molar-refractivity contribution < 1.29 is 23.1 Å². The monoisotopic (exact) mass is 446 g/mol. The van der Waals surface area contributed by atoms with Gasteiger partial charge in [0, 0.05) is 5.92 Å². The summed E-state index contributed by atoms with van der Waals surface area (Å²) in [6.45, 7) is 1.68. The second kappa shape index (κ2) is 8.95. The lowest BCUT2D eigenvalue weighted by molar-refractivity contribution is -0.137. The number of carbonyl (C=O) groups is 1. The Labute approximate surface area is 181 Å². The number of aromatic hydroxyl groups is 1. The zero-order chi connectivity index (χ0) is 22.7. The van der Waals surface area contributed by atoms with Crippen molar-refractivity contribution >= 4 is 11.6 Å². The molecule has 2 heterocycles. The SMILES string of the molecule is O=C(Nc1ccccc1O)C1CCN(Cc2nnnn2-c2ccc(C(F)(F)F)cc2)CC1. The van der Waals surface area contributed by atoms with E-state index in [4.69, 9.17) is 0 Å². The number of aromatic nitrogens is 4. The predicted octanol–water partition coefficient (Wildman–Crippen LogP) is 3.24. The number of benzene rings is 2. The zero-order valence-electron chi connectivity index (χ0n) is 17.0. The number of carbonyl (C=O) groups excluding carboxylic acids is 1. The summed E-state index contributed by atoms with van der Waals surface area (Å²) in [5.74, 6) is 0.202. The highest BCUT2D eigenvalue weighted by Gasteiger charge is 2.30. The number of para-hydroxylation sites is 2. The maximum Gasteiger partial charge on any atom is 0.416 e. The fraction of sp³-hybridized carbons (Fsp3) is 0.333. The van der Waals surface area contributed by atoms with E-state index < -0.39 is 11.7 Å². The van der Waals surface area contributed by atoms with E-state index >= 15 is 0 Å². The molecule has 0 radical (unpaired) electrons. The molecule has 1 aliphatic heterocycles. The third-order valence-electron chi connectivity index (χ3n) is 5.46. The number of hydrogen-bond donors (Lipinski definition) is 2. The van der Waals surface area contributed by atoms with E-state index in [0.29, 0.717) is 49.7 Å². The van der Waals surface area contributed by atoms with Crippen LogP contribution in [0.4, 0.5) is 18.9 Å². The third kappa shape index (κ3) is 4.88. The van der Waals surface area contributed by atoms with E-state index in [0.717, 1.165) is 12.1 Å². The Morgan fingerprint density at radius 3 is 2.44 bits per heavy atom. The van der Waals surface area contributed by atoms with Gasteiger partial charge < -0.3 is 10.4 Å². The van der Waals surface area contributed by atoms with Crippen LogP contribution in [0.5, 0.6) is 5.75 Å². The van der Waals surface area contributed by atoms with Crippen molar-refractivity contribution in [1.82, 2.24) is 25.1 Å². The summed E-state index contributed by atoms with van der Waals surface area (Å²) >= 11 is 0. The quantitative estimate of drug-likeness (QED) is 0.585. The molecule has 0 atom stereocenters. The predicted molar refractivity (Wildman–Crippen MR) is 109 cm³/mol. The van der Waals surface area contributed by atoms with Crippen LogP contribution >= 0.6 is 0 Å². The normalized spacial score (nSPS) is 15.6. The van der Waals surface area contributed by atoms with Gasteiger partial charge in [-0.15, -0.1) is 5.10 Å². The molecule has 1 fully saturated rings. The van der Waals surface area contributed by atoms with Crippen molar-refractivity contribution in [1.29, 1.82) is 0 Å². The van der Waals surface area contributed by atoms with Crippen molar-refractivity contribution in [3.63, 3.8) is 0 Å². The first-order valence-corrected chi connectivity index (χ1v) is 10.1. The summed E-state index contributed by atoms with van der Waals surface area (Å²) in [5.41, 5.74) is 0.0885. The van der Waals surface area contributed by atoms with Crippen molar-refractivity contribution in [2.45, 2.75) is 25.6 Å². The van der Waals surface area contributed by atoms with Gasteiger partial charge in [-0.3, -0.25) is 9.69 Å². The molecule has 1 aromatic heterocycles. The summed E-state index contributed by atoms with van der Waals surface area (Å²) < 4.78 is 39.8. The molecular weight excluding hydrogens is 425 g/mol. The third-order valence-corrected chi connectivity index (χ3v) is 5.46. The van der Waals surface area contributed by atoms with Crippen LogP contribution in [0.2, 0.25) is 0 Å². The Bertz CT molecular complexity index is 1080. The first kappa shape index (κ1) is 21.8. The van der Waals surface area contributed by atoms with E-state index in [1.54, 1.807) is 18.2 Å². The number of hydrogen-bond acceptors (Lipinski definition) is 6. The molecule has 1 aliphatic rings. The minimum absolute atomic E-state index is 0.0217. The lowest BCUT2D eigenvalue weighted by Crippen LogP contribution is -2.38. The van der Waals surface area contributed by atoms with Crippen LogP contribution in [0.15, 0.2) is 48.5 Å². The summed E-state index contributed by atoms with van der Waals surface area (Å²) in [4.78, 5) is 14.6. The number of rotatable bonds is 5. The topological polar surface area (TPSA) is 96.2 Å². The number of anilines is 1. The largest absolute Gasteiger partial charge is 0.506 e. The molecule has 0 spiro atoms. The van der Waals surface area contributed by atoms with E-state index in [1.807, 2.05) is 0 Å². The number of phenols is 1. The zero-order valence-corrected chi connectivity index (χ0v) is 17.0. The van der Waals surface area contributed by atoms with Gasteiger partial charge in [0.15, 0.2) is 5.82 Å². The molecule has 2 aromatic carbocycles. The van der Waals surface area contributed by atoms with Crippen molar-refractivity contribution in [3.8, 4) is 11.4 Å². The van der Waals surface area contributed by atoms with Crippen LogP contribution in [-0.4, -0.2) is 49.2 Å². The van der Waals surface area contributed by atoms with Gasteiger partial charge in [0.25, 0.3) is 0 Å². The van der Waals surface area contributed by atoms with Gasteiger partial charge in [-0.2, -0.15) is 17.9 Å². The molecular formula is C21H21F3N6O2. The van der Waals surface area contributed by atoms with Crippen molar-refractivity contribution in [2.75, 3.05) is 18.4 Å². The lowest BCUT2D eigenvalue weighted by atomic mass is 9.95. The Balaban J connectivity index is 1.35. The first-order valence-electron chi connectivity index (χ1n) is 10.1. The van der Waals surface area contributed by atoms with Crippen LogP contribution in [-0.2, 0) is 17.5 Å². The molecule has 4 rings (SSSR count). The fourth-order valence-electron chi connectivity index (χ4n) is 3.66.